The number of aromatic nitrogens is 3. The van der Waals surface area contributed by atoms with Gasteiger partial charge < -0.3 is 0 Å². The zero-order valence-corrected chi connectivity index (χ0v) is 10.1. The minimum Gasteiger partial charge on any atom is -0.248 e. The molecule has 0 aromatic carbocycles. The Balaban J connectivity index is 1.89. The summed E-state index contributed by atoms with van der Waals surface area (Å²) in [7, 11) is 0. The van der Waals surface area contributed by atoms with Crippen molar-refractivity contribution in [3.63, 3.8) is 0 Å². The molecule has 0 radical (unpaired) electrons. The molecule has 84 valence electrons. The van der Waals surface area contributed by atoms with E-state index in [0.29, 0.717) is 11.4 Å². The van der Waals surface area contributed by atoms with Crippen molar-refractivity contribution in [2.24, 2.45) is 5.92 Å². The average molecular weight is 228 g/mol. The van der Waals surface area contributed by atoms with Crippen molar-refractivity contribution in [2.75, 3.05) is 0 Å². The van der Waals surface area contributed by atoms with Crippen LogP contribution in [0.5, 0.6) is 0 Å². The molecule has 1 aliphatic carbocycles. The van der Waals surface area contributed by atoms with Crippen molar-refractivity contribution >= 4 is 11.6 Å². The Morgan fingerprint density at radius 1 is 1.53 bits per heavy atom. The number of hydrogen-bond donors (Lipinski definition) is 0. The third-order valence-corrected chi connectivity index (χ3v) is 3.49. The van der Waals surface area contributed by atoms with Crippen LogP contribution in [-0.4, -0.2) is 20.1 Å². The molecule has 0 bridgehead atoms. The zero-order valence-electron chi connectivity index (χ0n) is 9.36. The number of nitrogens with zero attached hydrogens (tertiary/aromatic N) is 3. The average Bonchev–Trinajstić information content (AvgIpc) is 2.93. The second kappa shape index (κ2) is 4.52. The minimum atomic E-state index is 0.335. The molecule has 0 amide bonds. The predicted octanol–water partition coefficient (Wildman–Crippen LogP) is 2.81. The highest BCUT2D eigenvalue weighted by Gasteiger charge is 2.29. The summed E-state index contributed by atoms with van der Waals surface area (Å²) in [6, 6.07) is 0.386. The molecule has 15 heavy (non-hydrogen) atoms. The van der Waals surface area contributed by atoms with E-state index in [1.54, 1.807) is 6.33 Å². The summed E-state index contributed by atoms with van der Waals surface area (Å²) in [6.07, 6.45) is 6.23. The van der Waals surface area contributed by atoms with Gasteiger partial charge in [-0.3, -0.25) is 0 Å². The van der Waals surface area contributed by atoms with Crippen LogP contribution in [-0.2, 0) is 6.42 Å². The Hall–Kier alpha value is -0.570. The maximum Gasteiger partial charge on any atom is 0.138 e. The monoisotopic (exact) mass is 227 g/mol. The first kappa shape index (κ1) is 10.9. The molecular weight excluding hydrogens is 210 g/mol. The van der Waals surface area contributed by atoms with E-state index < -0.39 is 0 Å². The Morgan fingerprint density at radius 2 is 2.27 bits per heavy atom. The molecule has 0 spiro atoms. The normalized spacial score (nSPS) is 18.4. The van der Waals surface area contributed by atoms with E-state index in [0.717, 1.165) is 24.6 Å². The van der Waals surface area contributed by atoms with Crippen LogP contribution in [0.15, 0.2) is 6.33 Å². The van der Waals surface area contributed by atoms with Gasteiger partial charge in [-0.25, -0.2) is 9.67 Å². The first-order chi connectivity index (χ1) is 7.18. The minimum absolute atomic E-state index is 0.335. The van der Waals surface area contributed by atoms with Crippen LogP contribution in [0.4, 0.5) is 0 Å². The van der Waals surface area contributed by atoms with Crippen molar-refractivity contribution < 1.29 is 0 Å². The van der Waals surface area contributed by atoms with Crippen LogP contribution in [0.25, 0.3) is 0 Å². The van der Waals surface area contributed by atoms with Gasteiger partial charge in [-0.2, -0.15) is 5.10 Å². The van der Waals surface area contributed by atoms with Gasteiger partial charge in [0.2, 0.25) is 0 Å². The van der Waals surface area contributed by atoms with Gasteiger partial charge in [-0.1, -0.05) is 0 Å². The molecule has 0 aliphatic heterocycles. The first-order valence-corrected chi connectivity index (χ1v) is 6.14. The molecule has 1 aromatic rings. The maximum atomic E-state index is 6.27. The molecule has 1 atom stereocenters. The molecule has 1 aliphatic rings. The predicted molar refractivity (Wildman–Crippen MR) is 61.1 cm³/mol. The second-order valence-electron chi connectivity index (χ2n) is 4.61. The number of halogens is 1. The van der Waals surface area contributed by atoms with Crippen molar-refractivity contribution in [2.45, 2.75) is 50.9 Å². The lowest BCUT2D eigenvalue weighted by Gasteiger charge is -2.11. The summed E-state index contributed by atoms with van der Waals surface area (Å²) in [5.41, 5.74) is 0. The molecule has 1 heterocycles. The van der Waals surface area contributed by atoms with E-state index in [1.165, 1.54) is 12.8 Å². The van der Waals surface area contributed by atoms with Gasteiger partial charge in [-0.05, 0) is 39.0 Å². The molecule has 4 heteroatoms. The number of hydrogen-bond acceptors (Lipinski definition) is 2. The van der Waals surface area contributed by atoms with Gasteiger partial charge in [0.05, 0.1) is 0 Å². The lowest BCUT2D eigenvalue weighted by atomic mass is 10.1. The molecule has 1 fully saturated rings. The highest BCUT2D eigenvalue weighted by molar-refractivity contribution is 6.20. The van der Waals surface area contributed by atoms with E-state index in [2.05, 4.69) is 23.9 Å². The summed E-state index contributed by atoms with van der Waals surface area (Å²) < 4.78 is 1.98. The summed E-state index contributed by atoms with van der Waals surface area (Å²) >= 11 is 6.27. The molecule has 3 nitrogen and oxygen atoms in total. The Bertz CT molecular complexity index is 317. The van der Waals surface area contributed by atoms with Crippen molar-refractivity contribution in [1.29, 1.82) is 0 Å². The third-order valence-electron chi connectivity index (χ3n) is 2.91. The van der Waals surface area contributed by atoms with Crippen molar-refractivity contribution in [3.8, 4) is 0 Å². The SMILES string of the molecule is CC(C)n1ncnc1CCC(Cl)C1CC1. The fraction of sp³-hybridized carbons (Fsp3) is 0.818. The van der Waals surface area contributed by atoms with Crippen LogP contribution in [0.1, 0.15) is 45.0 Å². The smallest absolute Gasteiger partial charge is 0.138 e. The summed E-state index contributed by atoms with van der Waals surface area (Å²) in [5, 5.41) is 4.55. The number of aryl methyl sites for hydroxylation is 1. The van der Waals surface area contributed by atoms with Gasteiger partial charge >= 0.3 is 0 Å². The van der Waals surface area contributed by atoms with Crippen molar-refractivity contribution in [3.05, 3.63) is 12.2 Å². The van der Waals surface area contributed by atoms with E-state index in [1.807, 2.05) is 4.68 Å². The van der Waals surface area contributed by atoms with Gasteiger partial charge in [0.1, 0.15) is 12.2 Å². The first-order valence-electron chi connectivity index (χ1n) is 5.71. The second-order valence-corrected chi connectivity index (χ2v) is 5.17. The van der Waals surface area contributed by atoms with Gasteiger partial charge in [0, 0.05) is 17.8 Å². The lowest BCUT2D eigenvalue weighted by Crippen LogP contribution is -2.11. The molecule has 1 unspecified atom stereocenters. The Kier molecular flexibility index (Phi) is 3.29. The number of alkyl halides is 1. The zero-order chi connectivity index (χ0) is 10.8. The summed E-state index contributed by atoms with van der Waals surface area (Å²) in [5.74, 6) is 1.83. The van der Waals surface area contributed by atoms with Crippen LogP contribution in [0.3, 0.4) is 0 Å². The lowest BCUT2D eigenvalue weighted by molar-refractivity contribution is 0.496. The maximum absolute atomic E-state index is 6.27. The fourth-order valence-electron chi connectivity index (χ4n) is 1.84. The van der Waals surface area contributed by atoms with Gasteiger partial charge in [-0.15, -0.1) is 11.6 Å². The molecule has 1 aromatic heterocycles. The van der Waals surface area contributed by atoms with E-state index in [9.17, 15) is 0 Å². The highest BCUT2D eigenvalue weighted by Crippen LogP contribution is 2.37. The van der Waals surface area contributed by atoms with E-state index in [4.69, 9.17) is 11.6 Å². The largest absolute Gasteiger partial charge is 0.248 e. The van der Waals surface area contributed by atoms with Gasteiger partial charge in [0.15, 0.2) is 0 Å². The molecule has 0 saturated heterocycles. The topological polar surface area (TPSA) is 30.7 Å². The summed E-state index contributed by atoms with van der Waals surface area (Å²) in [6.45, 7) is 4.24. The van der Waals surface area contributed by atoms with Crippen LogP contribution < -0.4 is 0 Å². The quantitative estimate of drug-likeness (QED) is 0.725. The van der Waals surface area contributed by atoms with Crippen molar-refractivity contribution in [1.82, 2.24) is 14.8 Å². The molecule has 0 N–H and O–H groups in total. The van der Waals surface area contributed by atoms with Crippen LogP contribution in [0.2, 0.25) is 0 Å². The van der Waals surface area contributed by atoms with Crippen LogP contribution in [0, 0.1) is 5.92 Å². The molecular formula is C11H18ClN3. The standard InChI is InChI=1S/C11H18ClN3/c1-8(2)15-11(13-7-14-15)6-5-10(12)9-3-4-9/h7-10H,3-6H2,1-2H3. The Morgan fingerprint density at radius 3 is 2.87 bits per heavy atom. The number of rotatable bonds is 5. The molecule has 2 rings (SSSR count). The van der Waals surface area contributed by atoms with E-state index in [-0.39, 0.29) is 0 Å². The Labute approximate surface area is 95.8 Å². The van der Waals surface area contributed by atoms with E-state index >= 15 is 0 Å². The highest BCUT2D eigenvalue weighted by atomic mass is 35.5. The van der Waals surface area contributed by atoms with Crippen LogP contribution >= 0.6 is 11.6 Å². The molecule has 1 saturated carbocycles. The summed E-state index contributed by atoms with van der Waals surface area (Å²) in [4.78, 5) is 4.28. The van der Waals surface area contributed by atoms with Gasteiger partial charge in [0.25, 0.3) is 0 Å². The fourth-order valence-corrected chi connectivity index (χ4v) is 2.21. The third kappa shape index (κ3) is 2.71.